The van der Waals surface area contributed by atoms with Crippen LogP contribution in [-0.4, -0.2) is 16.9 Å². The summed E-state index contributed by atoms with van der Waals surface area (Å²) in [6, 6.07) is 10.2. The highest BCUT2D eigenvalue weighted by atomic mass is 19.1. The number of carboxylic acid groups (broad SMARTS) is 1. The minimum Gasteiger partial charge on any atom is -0.478 e. The van der Waals surface area contributed by atoms with Crippen LogP contribution < -0.4 is 0 Å². The summed E-state index contributed by atoms with van der Waals surface area (Å²) in [4.78, 5) is 22.0. The molecule has 0 radical (unpaired) electrons. The monoisotopic (exact) mass is 258 g/mol. The van der Waals surface area contributed by atoms with Crippen LogP contribution in [-0.2, 0) is 0 Å². The second-order valence-corrected chi connectivity index (χ2v) is 4.17. The number of aromatic carboxylic acids is 1. The molecule has 0 aliphatic rings. The van der Waals surface area contributed by atoms with Crippen molar-refractivity contribution in [3.8, 4) is 11.1 Å². The van der Waals surface area contributed by atoms with Gasteiger partial charge in [-0.05, 0) is 36.2 Å². The highest BCUT2D eigenvalue weighted by Gasteiger charge is 2.09. The molecule has 0 aliphatic heterocycles. The number of ketones is 1. The zero-order chi connectivity index (χ0) is 14.0. The maximum Gasteiger partial charge on any atom is 0.335 e. The van der Waals surface area contributed by atoms with Crippen molar-refractivity contribution in [2.24, 2.45) is 0 Å². The highest BCUT2D eigenvalue weighted by Crippen LogP contribution is 2.22. The van der Waals surface area contributed by atoms with Gasteiger partial charge in [0.2, 0.25) is 0 Å². The Bertz CT molecular complexity index is 645. The van der Waals surface area contributed by atoms with Crippen molar-refractivity contribution in [2.45, 2.75) is 6.92 Å². The zero-order valence-electron chi connectivity index (χ0n) is 10.2. The molecule has 0 spiro atoms. The first kappa shape index (κ1) is 13.0. The van der Waals surface area contributed by atoms with Gasteiger partial charge in [0, 0.05) is 5.56 Å². The third kappa shape index (κ3) is 2.85. The van der Waals surface area contributed by atoms with Gasteiger partial charge < -0.3 is 5.11 Å². The van der Waals surface area contributed by atoms with Gasteiger partial charge in [0.15, 0.2) is 5.78 Å². The van der Waals surface area contributed by atoms with Crippen molar-refractivity contribution in [1.82, 2.24) is 0 Å². The number of hydrogen-bond acceptors (Lipinski definition) is 2. The fourth-order valence-electron chi connectivity index (χ4n) is 1.78. The molecule has 0 atom stereocenters. The molecule has 2 aromatic rings. The van der Waals surface area contributed by atoms with Gasteiger partial charge in [-0.2, -0.15) is 0 Å². The van der Waals surface area contributed by atoms with Gasteiger partial charge in [-0.15, -0.1) is 0 Å². The molecule has 0 aliphatic carbocycles. The first-order chi connectivity index (χ1) is 8.97. The number of halogens is 1. The lowest BCUT2D eigenvalue weighted by Crippen LogP contribution is -1.98. The lowest BCUT2D eigenvalue weighted by atomic mass is 10.0. The summed E-state index contributed by atoms with van der Waals surface area (Å²) >= 11 is 0. The van der Waals surface area contributed by atoms with E-state index >= 15 is 0 Å². The molecule has 2 rings (SSSR count). The van der Waals surface area contributed by atoms with Crippen molar-refractivity contribution >= 4 is 11.8 Å². The molecule has 0 heterocycles. The van der Waals surface area contributed by atoms with Gasteiger partial charge >= 0.3 is 5.97 Å². The van der Waals surface area contributed by atoms with Gasteiger partial charge in [0.1, 0.15) is 5.82 Å². The van der Waals surface area contributed by atoms with Crippen molar-refractivity contribution in [3.05, 3.63) is 59.4 Å². The van der Waals surface area contributed by atoms with Crippen LogP contribution in [0.5, 0.6) is 0 Å². The van der Waals surface area contributed by atoms with Gasteiger partial charge in [-0.3, -0.25) is 4.79 Å². The molecule has 0 unspecified atom stereocenters. The number of benzene rings is 2. The van der Waals surface area contributed by atoms with Crippen LogP contribution in [0.3, 0.4) is 0 Å². The van der Waals surface area contributed by atoms with Crippen molar-refractivity contribution in [1.29, 1.82) is 0 Å². The molecule has 1 N–H and O–H groups in total. The Morgan fingerprint density at radius 1 is 0.947 bits per heavy atom. The first-order valence-electron chi connectivity index (χ1n) is 5.62. The Hall–Kier alpha value is -2.49. The third-order valence-corrected chi connectivity index (χ3v) is 2.77. The smallest absolute Gasteiger partial charge is 0.335 e. The van der Waals surface area contributed by atoms with Crippen molar-refractivity contribution < 1.29 is 19.1 Å². The Kier molecular flexibility index (Phi) is 3.42. The van der Waals surface area contributed by atoms with E-state index in [0.717, 1.165) is 6.07 Å². The molecule has 0 saturated carbocycles. The first-order valence-corrected chi connectivity index (χ1v) is 5.62. The Labute approximate surface area is 109 Å². The zero-order valence-corrected chi connectivity index (χ0v) is 10.2. The van der Waals surface area contributed by atoms with E-state index in [9.17, 15) is 14.0 Å². The highest BCUT2D eigenvalue weighted by molar-refractivity contribution is 5.94. The fraction of sp³-hybridized carbons (Fsp3) is 0.0667. The number of carbonyl (C=O) groups excluding carboxylic acids is 1. The van der Waals surface area contributed by atoms with Gasteiger partial charge in [-0.25, -0.2) is 9.18 Å². The summed E-state index contributed by atoms with van der Waals surface area (Å²) in [5.41, 5.74) is 1.57. The molecule has 0 fully saturated rings. The molecule has 4 heteroatoms. The lowest BCUT2D eigenvalue weighted by Gasteiger charge is -2.05. The largest absolute Gasteiger partial charge is 0.478 e. The third-order valence-electron chi connectivity index (χ3n) is 2.77. The molecule has 0 saturated heterocycles. The molecule has 19 heavy (non-hydrogen) atoms. The van der Waals surface area contributed by atoms with E-state index in [0.29, 0.717) is 16.7 Å². The van der Waals surface area contributed by atoms with Crippen molar-refractivity contribution in [2.75, 3.05) is 0 Å². The predicted octanol–water partition coefficient (Wildman–Crippen LogP) is 3.39. The molecule has 3 nitrogen and oxygen atoms in total. The Morgan fingerprint density at radius 3 is 2.11 bits per heavy atom. The van der Waals surface area contributed by atoms with Crippen LogP contribution >= 0.6 is 0 Å². The van der Waals surface area contributed by atoms with Crippen LogP contribution in [0.1, 0.15) is 27.6 Å². The molecular weight excluding hydrogens is 247 g/mol. The average molecular weight is 258 g/mol. The van der Waals surface area contributed by atoms with Crippen LogP contribution in [0.2, 0.25) is 0 Å². The fourth-order valence-corrected chi connectivity index (χ4v) is 1.78. The molecule has 0 bridgehead atoms. The molecule has 0 amide bonds. The summed E-state index contributed by atoms with van der Waals surface area (Å²) in [5, 5.41) is 8.89. The quantitative estimate of drug-likeness (QED) is 0.858. The second-order valence-electron chi connectivity index (χ2n) is 4.17. The topological polar surface area (TPSA) is 54.4 Å². The minimum absolute atomic E-state index is 0.0583. The van der Waals surface area contributed by atoms with E-state index in [1.807, 2.05) is 0 Å². The molecule has 2 aromatic carbocycles. The summed E-state index contributed by atoms with van der Waals surface area (Å²) in [6.07, 6.45) is 0. The number of Topliss-reactive ketones (excluding diaryl/α,β-unsaturated/α-hetero) is 1. The standard InChI is InChI=1S/C15H11FO3/c1-9(17)10-2-4-11(5-3-10)12-6-13(15(18)19)8-14(16)7-12/h2-8H,1H3,(H,18,19). The molecular formula is C15H11FO3. The van der Waals surface area contributed by atoms with Crippen molar-refractivity contribution in [3.63, 3.8) is 0 Å². The Balaban J connectivity index is 2.46. The summed E-state index contributed by atoms with van der Waals surface area (Å²) < 4.78 is 13.4. The summed E-state index contributed by atoms with van der Waals surface area (Å²) in [7, 11) is 0. The Morgan fingerprint density at radius 2 is 1.58 bits per heavy atom. The predicted molar refractivity (Wildman–Crippen MR) is 68.8 cm³/mol. The van der Waals surface area contributed by atoms with Crippen LogP contribution in [0.4, 0.5) is 4.39 Å². The lowest BCUT2D eigenvalue weighted by molar-refractivity contribution is 0.0696. The van der Waals surface area contributed by atoms with E-state index in [1.54, 1.807) is 24.3 Å². The molecule has 96 valence electrons. The second kappa shape index (κ2) is 5.02. The SMILES string of the molecule is CC(=O)c1ccc(-c2cc(F)cc(C(=O)O)c2)cc1. The van der Waals surface area contributed by atoms with E-state index in [-0.39, 0.29) is 11.3 Å². The summed E-state index contributed by atoms with van der Waals surface area (Å²) in [5.74, 6) is -1.84. The van der Waals surface area contributed by atoms with E-state index < -0.39 is 11.8 Å². The van der Waals surface area contributed by atoms with Crippen LogP contribution in [0.25, 0.3) is 11.1 Å². The van der Waals surface area contributed by atoms with E-state index in [2.05, 4.69) is 0 Å². The van der Waals surface area contributed by atoms with Gasteiger partial charge in [0.25, 0.3) is 0 Å². The number of rotatable bonds is 3. The minimum atomic E-state index is -1.18. The number of carboxylic acids is 1. The number of carbonyl (C=O) groups is 2. The number of hydrogen-bond donors (Lipinski definition) is 1. The maximum atomic E-state index is 13.4. The van der Waals surface area contributed by atoms with E-state index in [1.165, 1.54) is 19.1 Å². The van der Waals surface area contributed by atoms with E-state index in [4.69, 9.17) is 5.11 Å². The van der Waals surface area contributed by atoms with Crippen LogP contribution in [0.15, 0.2) is 42.5 Å². The van der Waals surface area contributed by atoms with Gasteiger partial charge in [-0.1, -0.05) is 24.3 Å². The maximum absolute atomic E-state index is 13.4. The average Bonchev–Trinajstić information content (AvgIpc) is 2.38. The van der Waals surface area contributed by atoms with Gasteiger partial charge in [0.05, 0.1) is 5.56 Å². The van der Waals surface area contributed by atoms with Crippen LogP contribution in [0, 0.1) is 5.82 Å². The summed E-state index contributed by atoms with van der Waals surface area (Å²) in [6.45, 7) is 1.46. The normalized spacial score (nSPS) is 10.2. The molecule has 0 aromatic heterocycles.